The molecule has 0 bridgehead atoms. The van der Waals surface area contributed by atoms with Gasteiger partial charge in [0.2, 0.25) is 0 Å². The summed E-state index contributed by atoms with van der Waals surface area (Å²) in [6.45, 7) is 6.85. The summed E-state index contributed by atoms with van der Waals surface area (Å²) in [5.74, 6) is -0.200. The van der Waals surface area contributed by atoms with E-state index in [2.05, 4.69) is 29.0 Å². The quantitative estimate of drug-likeness (QED) is 0.832. The van der Waals surface area contributed by atoms with Gasteiger partial charge in [-0.15, -0.1) is 11.3 Å². The molecule has 20 heavy (non-hydrogen) atoms. The molecule has 1 heterocycles. The molecule has 3 nitrogen and oxygen atoms in total. The van der Waals surface area contributed by atoms with Crippen LogP contribution in [0.4, 0.5) is 15.2 Å². The normalized spacial score (nSPS) is 10.6. The molecule has 2 rings (SSSR count). The van der Waals surface area contributed by atoms with E-state index in [0.717, 1.165) is 36.9 Å². The van der Waals surface area contributed by atoms with Gasteiger partial charge in [0.25, 0.3) is 0 Å². The lowest BCUT2D eigenvalue weighted by molar-refractivity contribution is 0.627. The van der Waals surface area contributed by atoms with E-state index in [1.165, 1.54) is 17.0 Å². The number of rotatable bonds is 7. The Bertz CT molecular complexity index is 524. The summed E-state index contributed by atoms with van der Waals surface area (Å²) < 4.78 is 13.0. The minimum atomic E-state index is -0.200. The third-order valence-electron chi connectivity index (χ3n) is 3.00. The fraction of sp³-hybridized carbons (Fsp3) is 0.400. The van der Waals surface area contributed by atoms with Crippen molar-refractivity contribution in [1.82, 2.24) is 4.98 Å². The number of nitrogens with zero attached hydrogens (tertiary/aromatic N) is 2. The van der Waals surface area contributed by atoms with E-state index in [4.69, 9.17) is 0 Å². The smallest absolute Gasteiger partial charge is 0.182 e. The predicted molar refractivity (Wildman–Crippen MR) is 84.0 cm³/mol. The van der Waals surface area contributed by atoms with Crippen LogP contribution >= 0.6 is 11.3 Å². The second-order valence-electron chi connectivity index (χ2n) is 4.55. The van der Waals surface area contributed by atoms with Crippen molar-refractivity contribution < 1.29 is 4.39 Å². The Kier molecular flexibility index (Phi) is 5.35. The minimum Gasteiger partial charge on any atom is -0.367 e. The van der Waals surface area contributed by atoms with Crippen LogP contribution in [0.2, 0.25) is 0 Å². The molecule has 0 amide bonds. The number of anilines is 2. The maximum absolute atomic E-state index is 13.0. The molecule has 0 saturated heterocycles. The average Bonchev–Trinajstić information content (AvgIpc) is 2.91. The van der Waals surface area contributed by atoms with Gasteiger partial charge in [-0.25, -0.2) is 9.37 Å². The topological polar surface area (TPSA) is 28.2 Å². The molecule has 0 aliphatic rings. The molecule has 5 heteroatoms. The van der Waals surface area contributed by atoms with Crippen LogP contribution in [-0.4, -0.2) is 18.1 Å². The van der Waals surface area contributed by atoms with Crippen molar-refractivity contribution in [2.24, 2.45) is 0 Å². The Morgan fingerprint density at radius 1 is 1.25 bits per heavy atom. The van der Waals surface area contributed by atoms with E-state index in [1.807, 2.05) is 18.3 Å². The van der Waals surface area contributed by atoms with Gasteiger partial charge in [-0.05, 0) is 37.6 Å². The third kappa shape index (κ3) is 3.93. The third-order valence-corrected chi connectivity index (χ3v) is 3.94. The molecule has 0 atom stereocenters. The van der Waals surface area contributed by atoms with Crippen LogP contribution in [-0.2, 0) is 6.54 Å². The van der Waals surface area contributed by atoms with Gasteiger partial charge in [-0.2, -0.15) is 0 Å². The van der Waals surface area contributed by atoms with E-state index in [9.17, 15) is 4.39 Å². The number of aromatic nitrogens is 1. The van der Waals surface area contributed by atoms with Crippen LogP contribution in [0.15, 0.2) is 30.5 Å². The summed E-state index contributed by atoms with van der Waals surface area (Å²) in [5.41, 5.74) is 1.03. The molecule has 0 aliphatic heterocycles. The monoisotopic (exact) mass is 293 g/mol. The van der Waals surface area contributed by atoms with Gasteiger partial charge in [0.1, 0.15) is 5.82 Å². The Hall–Kier alpha value is -1.62. The van der Waals surface area contributed by atoms with E-state index < -0.39 is 0 Å². The van der Waals surface area contributed by atoms with E-state index in [-0.39, 0.29) is 5.82 Å². The van der Waals surface area contributed by atoms with Gasteiger partial charge in [0.15, 0.2) is 5.13 Å². The second kappa shape index (κ2) is 7.24. The molecule has 1 aromatic carbocycles. The Morgan fingerprint density at radius 3 is 2.65 bits per heavy atom. The summed E-state index contributed by atoms with van der Waals surface area (Å²) in [5, 5.41) is 4.26. The number of nitrogens with one attached hydrogen (secondary N) is 1. The summed E-state index contributed by atoms with van der Waals surface area (Å²) in [4.78, 5) is 7.78. The molecular formula is C15H20FN3S. The fourth-order valence-electron chi connectivity index (χ4n) is 1.92. The lowest BCUT2D eigenvalue weighted by Crippen LogP contribution is -2.21. The van der Waals surface area contributed by atoms with E-state index in [1.54, 1.807) is 11.3 Å². The molecule has 0 saturated carbocycles. The van der Waals surface area contributed by atoms with Crippen molar-refractivity contribution in [1.29, 1.82) is 0 Å². The van der Waals surface area contributed by atoms with Gasteiger partial charge < -0.3 is 10.2 Å². The molecule has 0 aliphatic carbocycles. The van der Waals surface area contributed by atoms with Gasteiger partial charge in [-0.1, -0.05) is 6.92 Å². The van der Waals surface area contributed by atoms with Crippen molar-refractivity contribution in [3.8, 4) is 0 Å². The lowest BCUT2D eigenvalue weighted by atomic mass is 10.2. The van der Waals surface area contributed by atoms with Crippen LogP contribution < -0.4 is 10.2 Å². The predicted octanol–water partition coefficient (Wildman–Crippen LogP) is 4.13. The average molecular weight is 293 g/mol. The zero-order valence-corrected chi connectivity index (χ0v) is 12.7. The van der Waals surface area contributed by atoms with Gasteiger partial charge in [0.05, 0.1) is 6.54 Å². The largest absolute Gasteiger partial charge is 0.367 e. The molecule has 1 aromatic heterocycles. The maximum atomic E-state index is 13.0. The second-order valence-corrected chi connectivity index (χ2v) is 5.66. The first kappa shape index (κ1) is 14.8. The number of halogens is 1. The Morgan fingerprint density at radius 2 is 2.00 bits per heavy atom. The number of benzene rings is 1. The van der Waals surface area contributed by atoms with Crippen LogP contribution in [0.25, 0.3) is 0 Å². The minimum absolute atomic E-state index is 0.200. The molecule has 1 N–H and O–H groups in total. The highest BCUT2D eigenvalue weighted by molar-refractivity contribution is 7.15. The van der Waals surface area contributed by atoms with E-state index in [0.29, 0.717) is 0 Å². The first-order valence-electron chi connectivity index (χ1n) is 6.92. The van der Waals surface area contributed by atoms with Crippen molar-refractivity contribution in [2.75, 3.05) is 23.3 Å². The molecular weight excluding hydrogens is 273 g/mol. The fourth-order valence-corrected chi connectivity index (χ4v) is 2.77. The van der Waals surface area contributed by atoms with Crippen molar-refractivity contribution in [2.45, 2.75) is 26.8 Å². The van der Waals surface area contributed by atoms with Gasteiger partial charge in [-0.3, -0.25) is 0 Å². The highest BCUT2D eigenvalue weighted by Gasteiger charge is 2.08. The number of thiazole rings is 1. The number of hydrogen-bond acceptors (Lipinski definition) is 4. The highest BCUT2D eigenvalue weighted by Crippen LogP contribution is 2.23. The summed E-state index contributed by atoms with van der Waals surface area (Å²) in [6.07, 6.45) is 3.00. The molecule has 108 valence electrons. The molecule has 2 aromatic rings. The van der Waals surface area contributed by atoms with Crippen molar-refractivity contribution in [3.63, 3.8) is 0 Å². The standard InChI is InChI=1S/C15H20FN3S/c1-3-9-17-15-18-10-14(20-15)11-19(4-2)13-7-5-12(16)6-8-13/h5-8,10H,3-4,9,11H2,1-2H3,(H,17,18). The Balaban J connectivity index is 2.02. The highest BCUT2D eigenvalue weighted by atomic mass is 32.1. The zero-order chi connectivity index (χ0) is 14.4. The molecule has 0 unspecified atom stereocenters. The first-order chi connectivity index (χ1) is 9.72. The summed E-state index contributed by atoms with van der Waals surface area (Å²) in [7, 11) is 0. The van der Waals surface area contributed by atoms with Crippen molar-refractivity contribution >= 4 is 22.2 Å². The van der Waals surface area contributed by atoms with Crippen LogP contribution in [0.3, 0.4) is 0 Å². The van der Waals surface area contributed by atoms with Crippen LogP contribution in [0, 0.1) is 5.82 Å². The number of hydrogen-bond donors (Lipinski definition) is 1. The first-order valence-corrected chi connectivity index (χ1v) is 7.73. The lowest BCUT2D eigenvalue weighted by Gasteiger charge is -2.22. The summed E-state index contributed by atoms with van der Waals surface area (Å²) in [6, 6.07) is 6.63. The SMILES string of the molecule is CCCNc1ncc(CN(CC)c2ccc(F)cc2)s1. The van der Waals surface area contributed by atoms with Gasteiger partial charge >= 0.3 is 0 Å². The molecule has 0 spiro atoms. The maximum Gasteiger partial charge on any atom is 0.182 e. The molecule has 0 radical (unpaired) electrons. The molecule has 0 fully saturated rings. The van der Waals surface area contributed by atoms with Crippen LogP contribution in [0.1, 0.15) is 25.1 Å². The van der Waals surface area contributed by atoms with Crippen LogP contribution in [0.5, 0.6) is 0 Å². The van der Waals surface area contributed by atoms with Gasteiger partial charge in [0, 0.05) is 29.9 Å². The summed E-state index contributed by atoms with van der Waals surface area (Å²) >= 11 is 1.68. The zero-order valence-electron chi connectivity index (χ0n) is 11.9. The Labute approximate surface area is 123 Å². The van der Waals surface area contributed by atoms with E-state index >= 15 is 0 Å². The van der Waals surface area contributed by atoms with Crippen molar-refractivity contribution in [3.05, 3.63) is 41.2 Å².